The molecule has 0 aliphatic rings. The van der Waals surface area contributed by atoms with Crippen LogP contribution in [0.4, 0.5) is 0 Å². The molecule has 0 saturated heterocycles. The minimum atomic E-state index is 0.0374. The molecular formula is C32H40O6. The Hall–Kier alpha value is -3.54. The van der Waals surface area contributed by atoms with Crippen LogP contribution in [-0.2, 0) is 0 Å². The Morgan fingerprint density at radius 1 is 0.474 bits per heavy atom. The van der Waals surface area contributed by atoms with Crippen LogP contribution in [0.1, 0.15) is 65.2 Å². The van der Waals surface area contributed by atoms with Crippen LogP contribution in [0.15, 0.2) is 36.4 Å². The summed E-state index contributed by atoms with van der Waals surface area (Å²) in [5.41, 5.74) is 0. The molecule has 0 aliphatic carbocycles. The second-order valence-electron chi connectivity index (χ2n) is 9.80. The van der Waals surface area contributed by atoms with Gasteiger partial charge in [-0.25, -0.2) is 0 Å². The van der Waals surface area contributed by atoms with E-state index in [4.69, 9.17) is 18.9 Å². The molecule has 0 aromatic heterocycles. The number of ether oxygens (including phenoxy) is 4. The Kier molecular flexibility index (Phi) is 9.27. The maximum absolute atomic E-state index is 10.6. The van der Waals surface area contributed by atoms with Crippen molar-refractivity contribution in [1.29, 1.82) is 0 Å². The highest BCUT2D eigenvalue weighted by atomic mass is 16.5. The van der Waals surface area contributed by atoms with Gasteiger partial charge >= 0.3 is 0 Å². The van der Waals surface area contributed by atoms with Crippen molar-refractivity contribution in [1.82, 2.24) is 0 Å². The maximum atomic E-state index is 10.6. The van der Waals surface area contributed by atoms with Crippen molar-refractivity contribution >= 4 is 32.3 Å². The van der Waals surface area contributed by atoms with E-state index in [9.17, 15) is 10.2 Å². The summed E-state index contributed by atoms with van der Waals surface area (Å²) in [6.45, 7) is 5.64. The number of phenolic OH excluding ortho intramolecular Hbond substituents is 2. The molecule has 0 radical (unpaired) electrons. The van der Waals surface area contributed by atoms with Crippen molar-refractivity contribution in [3.63, 3.8) is 0 Å². The number of unbranched alkanes of at least 4 members (excludes halogenated alkanes) is 6. The zero-order valence-corrected chi connectivity index (χ0v) is 23.1. The molecule has 0 aliphatic heterocycles. The van der Waals surface area contributed by atoms with Gasteiger partial charge in [0.1, 0.15) is 0 Å². The maximum Gasteiger partial charge on any atom is 0.161 e. The molecule has 2 N–H and O–H groups in total. The fraction of sp³-hybridized carbons (Fsp3) is 0.438. The van der Waals surface area contributed by atoms with E-state index >= 15 is 0 Å². The van der Waals surface area contributed by atoms with Crippen LogP contribution >= 0.6 is 0 Å². The highest BCUT2D eigenvalue weighted by Gasteiger charge is 2.18. The van der Waals surface area contributed by atoms with E-state index in [1.54, 1.807) is 12.1 Å². The van der Waals surface area contributed by atoms with Crippen molar-refractivity contribution < 1.29 is 29.2 Å². The molecular weight excluding hydrogens is 480 g/mol. The number of rotatable bonds is 14. The van der Waals surface area contributed by atoms with Gasteiger partial charge in [0, 0.05) is 0 Å². The molecule has 4 aromatic rings. The first-order valence-electron chi connectivity index (χ1n) is 13.8. The van der Waals surface area contributed by atoms with Gasteiger partial charge in [-0.1, -0.05) is 52.4 Å². The molecule has 0 atom stereocenters. The van der Waals surface area contributed by atoms with Gasteiger partial charge in [0.05, 0.1) is 27.4 Å². The molecule has 4 rings (SSSR count). The number of hydrogen-bond acceptors (Lipinski definition) is 6. The van der Waals surface area contributed by atoms with E-state index in [1.165, 1.54) is 39.9 Å². The largest absolute Gasteiger partial charge is 0.504 e. The second kappa shape index (κ2) is 12.8. The minimum Gasteiger partial charge on any atom is -0.504 e. The second-order valence-corrected chi connectivity index (χ2v) is 9.80. The summed E-state index contributed by atoms with van der Waals surface area (Å²) < 4.78 is 23.5. The standard InChI is InChI=1S/C32H40O6/c1-5-7-9-11-13-37-31-19-25-23-17-29(35-3)27(33)15-21(23)22-16-28(34)30(36-4)18-24(22)26(25)20-32(31)38-14-12-10-8-6-2/h15-20,33-34H,5-14H2,1-4H3. The van der Waals surface area contributed by atoms with Gasteiger partial charge in [-0.2, -0.15) is 0 Å². The lowest BCUT2D eigenvalue weighted by atomic mass is 9.93. The van der Waals surface area contributed by atoms with Crippen molar-refractivity contribution in [2.75, 3.05) is 27.4 Å². The lowest BCUT2D eigenvalue weighted by Gasteiger charge is -2.18. The van der Waals surface area contributed by atoms with Gasteiger partial charge in [0.2, 0.25) is 0 Å². The Bertz CT molecular complexity index is 1290. The molecule has 6 heteroatoms. The predicted molar refractivity (Wildman–Crippen MR) is 155 cm³/mol. The van der Waals surface area contributed by atoms with Gasteiger partial charge in [-0.05, 0) is 81.6 Å². The quantitative estimate of drug-likeness (QED) is 0.128. The fourth-order valence-corrected chi connectivity index (χ4v) is 5.01. The monoisotopic (exact) mass is 520 g/mol. The van der Waals surface area contributed by atoms with Crippen LogP contribution in [0.25, 0.3) is 32.3 Å². The summed E-state index contributed by atoms with van der Waals surface area (Å²) in [7, 11) is 3.08. The average molecular weight is 521 g/mol. The average Bonchev–Trinajstić information content (AvgIpc) is 2.92. The Morgan fingerprint density at radius 2 is 0.816 bits per heavy atom. The SMILES string of the molecule is CCCCCCOc1cc2c3cc(OC)c(O)cc3c3cc(O)c(OC)cc3c2cc1OCCCCCC. The lowest BCUT2D eigenvalue weighted by Crippen LogP contribution is -2.03. The molecule has 0 amide bonds. The first-order chi connectivity index (χ1) is 18.5. The molecule has 0 unspecified atom stereocenters. The van der Waals surface area contributed by atoms with Crippen molar-refractivity contribution in [2.24, 2.45) is 0 Å². The summed E-state index contributed by atoms with van der Waals surface area (Å²) in [5.74, 6) is 2.26. The zero-order chi connectivity index (χ0) is 27.1. The third-order valence-corrected chi connectivity index (χ3v) is 7.10. The smallest absolute Gasteiger partial charge is 0.161 e. The van der Waals surface area contributed by atoms with E-state index in [1.807, 2.05) is 24.3 Å². The van der Waals surface area contributed by atoms with E-state index < -0.39 is 0 Å². The number of fused-ring (bicyclic) bond motifs is 6. The molecule has 0 saturated carbocycles. The van der Waals surface area contributed by atoms with Crippen molar-refractivity contribution in [3.05, 3.63) is 36.4 Å². The van der Waals surface area contributed by atoms with Crippen LogP contribution in [0, 0.1) is 0 Å². The summed E-state index contributed by atoms with van der Waals surface area (Å²) in [6, 6.07) is 11.1. The van der Waals surface area contributed by atoms with Crippen LogP contribution in [-0.4, -0.2) is 37.6 Å². The fourth-order valence-electron chi connectivity index (χ4n) is 5.01. The number of benzene rings is 4. The van der Waals surface area contributed by atoms with E-state index in [-0.39, 0.29) is 11.5 Å². The van der Waals surface area contributed by atoms with Gasteiger partial charge < -0.3 is 29.2 Å². The Labute approximate surface area is 225 Å². The third kappa shape index (κ3) is 5.79. The number of hydrogen-bond donors (Lipinski definition) is 2. The normalized spacial score (nSPS) is 11.4. The van der Waals surface area contributed by atoms with E-state index in [0.29, 0.717) is 36.2 Å². The first-order valence-corrected chi connectivity index (χ1v) is 13.8. The molecule has 4 aromatic carbocycles. The molecule has 204 valence electrons. The van der Waals surface area contributed by atoms with Crippen LogP contribution in [0.5, 0.6) is 34.5 Å². The summed E-state index contributed by atoms with van der Waals surface area (Å²) in [4.78, 5) is 0. The number of aromatic hydroxyl groups is 2. The van der Waals surface area contributed by atoms with Gasteiger partial charge in [-0.15, -0.1) is 0 Å². The number of methoxy groups -OCH3 is 2. The van der Waals surface area contributed by atoms with Gasteiger partial charge in [-0.3, -0.25) is 0 Å². The van der Waals surface area contributed by atoms with Gasteiger partial charge in [0.15, 0.2) is 34.5 Å². The molecule has 38 heavy (non-hydrogen) atoms. The van der Waals surface area contributed by atoms with Gasteiger partial charge in [0.25, 0.3) is 0 Å². The number of phenols is 2. The summed E-state index contributed by atoms with van der Waals surface area (Å²) in [5, 5.41) is 26.5. The Morgan fingerprint density at radius 3 is 1.16 bits per heavy atom. The zero-order valence-electron chi connectivity index (χ0n) is 23.1. The predicted octanol–water partition coefficient (Wildman–Crippen LogP) is 8.49. The summed E-state index contributed by atoms with van der Waals surface area (Å²) in [6.07, 6.45) is 8.96. The third-order valence-electron chi connectivity index (χ3n) is 7.10. The highest BCUT2D eigenvalue weighted by molar-refractivity contribution is 6.26. The first kappa shape index (κ1) is 27.5. The molecule has 6 nitrogen and oxygen atoms in total. The molecule has 0 spiro atoms. The van der Waals surface area contributed by atoms with E-state index in [0.717, 1.165) is 58.0 Å². The topological polar surface area (TPSA) is 77.4 Å². The van der Waals surface area contributed by atoms with E-state index in [2.05, 4.69) is 13.8 Å². The molecule has 0 bridgehead atoms. The highest BCUT2D eigenvalue weighted by Crippen LogP contribution is 2.46. The molecule has 0 fully saturated rings. The van der Waals surface area contributed by atoms with Crippen molar-refractivity contribution in [3.8, 4) is 34.5 Å². The molecule has 0 heterocycles. The van der Waals surface area contributed by atoms with Crippen molar-refractivity contribution in [2.45, 2.75) is 65.2 Å². The van der Waals surface area contributed by atoms with Crippen LogP contribution < -0.4 is 18.9 Å². The van der Waals surface area contributed by atoms with Crippen LogP contribution in [0.2, 0.25) is 0 Å². The minimum absolute atomic E-state index is 0.0374. The Balaban J connectivity index is 1.91. The van der Waals surface area contributed by atoms with Crippen LogP contribution in [0.3, 0.4) is 0 Å². The lowest BCUT2D eigenvalue weighted by molar-refractivity contribution is 0.259. The summed E-state index contributed by atoms with van der Waals surface area (Å²) >= 11 is 0.